The van der Waals surface area contributed by atoms with E-state index in [1.54, 1.807) is 12.1 Å². The van der Waals surface area contributed by atoms with Gasteiger partial charge in [0.05, 0.1) is 16.3 Å². The molecule has 0 saturated heterocycles. The minimum atomic E-state index is -3.54. The molecular formula is C11H13BrN2O3S2. The first kappa shape index (κ1) is 14.7. The van der Waals surface area contributed by atoms with E-state index in [1.807, 2.05) is 0 Å². The van der Waals surface area contributed by atoms with E-state index in [4.69, 9.17) is 10.2 Å². The number of halogens is 1. The van der Waals surface area contributed by atoms with E-state index < -0.39 is 10.0 Å². The van der Waals surface area contributed by atoms with Gasteiger partial charge in [0.1, 0.15) is 4.90 Å². The summed E-state index contributed by atoms with van der Waals surface area (Å²) in [7, 11) is -2.00. The van der Waals surface area contributed by atoms with Crippen LogP contribution < -0.4 is 5.73 Å². The Kier molecular flexibility index (Phi) is 4.46. The topological polar surface area (TPSA) is 76.5 Å². The number of hydrogen-bond acceptors (Lipinski definition) is 5. The molecule has 2 aromatic rings. The predicted molar refractivity (Wildman–Crippen MR) is 77.3 cm³/mol. The minimum absolute atomic E-state index is 0.254. The molecule has 0 atom stereocenters. The fourth-order valence-corrected chi connectivity index (χ4v) is 5.23. The summed E-state index contributed by atoms with van der Waals surface area (Å²) in [5.41, 5.74) is 6.33. The SMILES string of the molecule is CN(Cc1ccoc1)S(=O)(=O)c1cc(CN)sc1Br. The summed E-state index contributed by atoms with van der Waals surface area (Å²) in [5.74, 6) is 0. The average Bonchev–Trinajstić information content (AvgIpc) is 2.98. The smallest absolute Gasteiger partial charge is 0.245 e. The number of furan rings is 1. The standard InChI is InChI=1S/C11H13BrN2O3S2/c1-14(6-8-2-3-17-7-8)19(15,16)10-4-9(5-13)18-11(10)12/h2-4,7H,5-6,13H2,1H3. The number of nitrogens with zero attached hydrogens (tertiary/aromatic N) is 1. The molecule has 0 aliphatic carbocycles. The molecule has 0 radical (unpaired) electrons. The molecule has 0 aliphatic heterocycles. The summed E-state index contributed by atoms with van der Waals surface area (Å²) in [5, 5.41) is 0. The first-order valence-electron chi connectivity index (χ1n) is 5.41. The zero-order chi connectivity index (χ0) is 14.0. The van der Waals surface area contributed by atoms with Crippen molar-refractivity contribution in [3.63, 3.8) is 0 Å². The van der Waals surface area contributed by atoms with E-state index in [1.165, 1.54) is 35.2 Å². The molecule has 2 rings (SSSR count). The maximum absolute atomic E-state index is 12.4. The van der Waals surface area contributed by atoms with E-state index in [-0.39, 0.29) is 11.4 Å². The minimum Gasteiger partial charge on any atom is -0.472 e. The van der Waals surface area contributed by atoms with Crippen molar-refractivity contribution in [1.29, 1.82) is 0 Å². The van der Waals surface area contributed by atoms with Crippen LogP contribution in [0.5, 0.6) is 0 Å². The third-order valence-corrected chi connectivity index (χ3v) is 6.66. The fraction of sp³-hybridized carbons (Fsp3) is 0.273. The second-order valence-corrected chi connectivity index (χ2v) is 8.42. The van der Waals surface area contributed by atoms with Crippen LogP contribution in [0.4, 0.5) is 0 Å². The predicted octanol–water partition coefficient (Wildman–Crippen LogP) is 2.38. The first-order chi connectivity index (χ1) is 8.95. The van der Waals surface area contributed by atoms with Crippen molar-refractivity contribution in [2.24, 2.45) is 5.73 Å². The lowest BCUT2D eigenvalue weighted by Crippen LogP contribution is -2.26. The molecule has 0 aliphatic rings. The van der Waals surface area contributed by atoms with Crippen molar-refractivity contribution in [2.75, 3.05) is 7.05 Å². The van der Waals surface area contributed by atoms with Crippen LogP contribution in [0.1, 0.15) is 10.4 Å². The summed E-state index contributed by atoms with van der Waals surface area (Å²) < 4.78 is 31.7. The van der Waals surface area contributed by atoms with E-state index in [9.17, 15) is 8.42 Å². The lowest BCUT2D eigenvalue weighted by molar-refractivity contribution is 0.463. The highest BCUT2D eigenvalue weighted by Gasteiger charge is 2.25. The highest BCUT2D eigenvalue weighted by Crippen LogP contribution is 2.33. The molecule has 0 saturated carbocycles. The molecule has 0 aromatic carbocycles. The summed E-state index contributed by atoms with van der Waals surface area (Å²) in [6.07, 6.45) is 3.04. The largest absolute Gasteiger partial charge is 0.472 e. The Bertz CT molecular complexity index is 650. The van der Waals surface area contributed by atoms with Crippen molar-refractivity contribution >= 4 is 37.3 Å². The number of rotatable bonds is 5. The van der Waals surface area contributed by atoms with Gasteiger partial charge in [0, 0.05) is 30.6 Å². The average molecular weight is 365 g/mol. The normalized spacial score (nSPS) is 12.2. The van der Waals surface area contributed by atoms with Crippen LogP contribution in [0, 0.1) is 0 Å². The van der Waals surface area contributed by atoms with Crippen LogP contribution >= 0.6 is 27.3 Å². The van der Waals surface area contributed by atoms with Crippen LogP contribution in [0.25, 0.3) is 0 Å². The summed E-state index contributed by atoms with van der Waals surface area (Å²) in [6.45, 7) is 0.587. The Morgan fingerprint density at radius 1 is 1.53 bits per heavy atom. The lowest BCUT2D eigenvalue weighted by Gasteiger charge is -2.15. The third-order valence-electron chi connectivity index (χ3n) is 2.58. The van der Waals surface area contributed by atoms with Gasteiger partial charge in [-0.15, -0.1) is 11.3 Å². The first-order valence-corrected chi connectivity index (χ1v) is 8.46. The van der Waals surface area contributed by atoms with E-state index >= 15 is 0 Å². The molecule has 19 heavy (non-hydrogen) atoms. The molecule has 0 fully saturated rings. The molecule has 2 heterocycles. The molecule has 2 N–H and O–H groups in total. The maximum Gasteiger partial charge on any atom is 0.245 e. The van der Waals surface area contributed by atoms with E-state index in [2.05, 4.69) is 15.9 Å². The number of sulfonamides is 1. The molecule has 2 aromatic heterocycles. The van der Waals surface area contributed by atoms with Crippen molar-refractivity contribution in [3.05, 3.63) is 38.9 Å². The monoisotopic (exact) mass is 364 g/mol. The maximum atomic E-state index is 12.4. The quantitative estimate of drug-likeness (QED) is 0.883. The van der Waals surface area contributed by atoms with Gasteiger partial charge in [0.25, 0.3) is 0 Å². The molecule has 0 spiro atoms. The van der Waals surface area contributed by atoms with Gasteiger partial charge < -0.3 is 10.2 Å². The summed E-state index contributed by atoms with van der Waals surface area (Å²) >= 11 is 4.61. The second kappa shape index (κ2) is 5.76. The van der Waals surface area contributed by atoms with Crippen LogP contribution in [-0.2, 0) is 23.1 Å². The highest BCUT2D eigenvalue weighted by molar-refractivity contribution is 9.11. The van der Waals surface area contributed by atoms with Crippen molar-refractivity contribution < 1.29 is 12.8 Å². The highest BCUT2D eigenvalue weighted by atomic mass is 79.9. The fourth-order valence-electron chi connectivity index (χ4n) is 1.57. The van der Waals surface area contributed by atoms with Crippen LogP contribution in [-0.4, -0.2) is 19.8 Å². The van der Waals surface area contributed by atoms with Gasteiger partial charge >= 0.3 is 0 Å². The Hall–Kier alpha value is -0.670. The van der Waals surface area contributed by atoms with Crippen LogP contribution in [0.3, 0.4) is 0 Å². The van der Waals surface area contributed by atoms with Crippen LogP contribution in [0.15, 0.2) is 37.8 Å². The Labute approximate surface area is 124 Å². The lowest BCUT2D eigenvalue weighted by atomic mass is 10.3. The van der Waals surface area contributed by atoms with Crippen molar-refractivity contribution in [2.45, 2.75) is 18.0 Å². The van der Waals surface area contributed by atoms with Gasteiger partial charge in [0.2, 0.25) is 10.0 Å². The van der Waals surface area contributed by atoms with Gasteiger partial charge in [-0.25, -0.2) is 8.42 Å². The summed E-state index contributed by atoms with van der Waals surface area (Å²) in [6, 6.07) is 3.34. The summed E-state index contributed by atoms with van der Waals surface area (Å²) in [4.78, 5) is 1.08. The Morgan fingerprint density at radius 2 is 2.26 bits per heavy atom. The van der Waals surface area contributed by atoms with Crippen molar-refractivity contribution in [3.8, 4) is 0 Å². The van der Waals surface area contributed by atoms with Gasteiger partial charge in [-0.1, -0.05) is 0 Å². The Morgan fingerprint density at radius 3 is 2.79 bits per heavy atom. The molecule has 0 unspecified atom stereocenters. The zero-order valence-electron chi connectivity index (χ0n) is 10.2. The molecular weight excluding hydrogens is 352 g/mol. The molecule has 0 amide bonds. The van der Waals surface area contributed by atoms with Gasteiger partial charge in [-0.2, -0.15) is 4.31 Å². The number of hydrogen-bond donors (Lipinski definition) is 1. The molecule has 0 bridgehead atoms. The zero-order valence-corrected chi connectivity index (χ0v) is 13.4. The number of thiophene rings is 1. The van der Waals surface area contributed by atoms with E-state index in [0.717, 1.165) is 10.4 Å². The van der Waals surface area contributed by atoms with Crippen molar-refractivity contribution in [1.82, 2.24) is 4.31 Å². The Balaban J connectivity index is 2.28. The van der Waals surface area contributed by atoms with Gasteiger partial charge in [-0.3, -0.25) is 0 Å². The number of nitrogens with two attached hydrogens (primary N) is 1. The van der Waals surface area contributed by atoms with Crippen LogP contribution in [0.2, 0.25) is 0 Å². The van der Waals surface area contributed by atoms with E-state index in [0.29, 0.717) is 10.3 Å². The van der Waals surface area contributed by atoms with Gasteiger partial charge in [-0.05, 0) is 28.1 Å². The molecule has 8 heteroatoms. The third kappa shape index (κ3) is 3.09. The molecule has 104 valence electrons. The second-order valence-electron chi connectivity index (χ2n) is 3.95. The molecule has 5 nitrogen and oxygen atoms in total. The van der Waals surface area contributed by atoms with Gasteiger partial charge in [0.15, 0.2) is 0 Å².